The summed E-state index contributed by atoms with van der Waals surface area (Å²) in [7, 11) is 0. The number of hydrogen-bond acceptors (Lipinski definition) is 4. The molecule has 0 spiro atoms. The molecule has 3 aromatic rings. The minimum atomic E-state index is -1.15. The summed E-state index contributed by atoms with van der Waals surface area (Å²) in [6.45, 7) is 9.83. The van der Waals surface area contributed by atoms with Gasteiger partial charge in [-0.25, -0.2) is 9.59 Å². The lowest BCUT2D eigenvalue weighted by molar-refractivity contribution is -0.131. The van der Waals surface area contributed by atoms with E-state index in [0.29, 0.717) is 16.7 Å². The van der Waals surface area contributed by atoms with E-state index >= 15 is 0 Å². The number of amides is 3. The molecular weight excluding hydrogens is 392 g/mol. The number of hydrogen-bond donors (Lipinski definition) is 1. The van der Waals surface area contributed by atoms with E-state index in [1.165, 1.54) is 11.0 Å². The first-order valence-electron chi connectivity index (χ1n) is 10.4. The van der Waals surface area contributed by atoms with E-state index in [4.69, 9.17) is 4.42 Å². The number of urea groups is 1. The number of nitrogens with zero attached hydrogens (tertiary/aromatic N) is 1. The highest BCUT2D eigenvalue weighted by atomic mass is 16.4. The van der Waals surface area contributed by atoms with Crippen molar-refractivity contribution in [3.8, 4) is 0 Å². The SMILES string of the molecule is Cc1ccc([C@@]2(C)NC(=O)N(Cc3cc(=O)oc4cc(C)c(C(C)C)cc34)C2=O)cc1. The molecule has 0 radical (unpaired) electrons. The van der Waals surface area contributed by atoms with Gasteiger partial charge < -0.3 is 9.73 Å². The number of fused-ring (bicyclic) bond motifs is 1. The van der Waals surface area contributed by atoms with E-state index in [9.17, 15) is 14.4 Å². The van der Waals surface area contributed by atoms with Crippen molar-refractivity contribution in [1.82, 2.24) is 10.2 Å². The van der Waals surface area contributed by atoms with Crippen LogP contribution in [0.4, 0.5) is 4.79 Å². The molecule has 2 heterocycles. The van der Waals surface area contributed by atoms with Crippen LogP contribution in [0.2, 0.25) is 0 Å². The zero-order valence-electron chi connectivity index (χ0n) is 18.4. The fourth-order valence-corrected chi connectivity index (χ4v) is 4.24. The summed E-state index contributed by atoms with van der Waals surface area (Å²) in [5, 5.41) is 3.56. The van der Waals surface area contributed by atoms with Crippen molar-refractivity contribution in [2.45, 2.75) is 52.6 Å². The normalized spacial score (nSPS) is 18.8. The standard InChI is InChI=1S/C25H26N2O4/c1-14(2)19-12-20-17(11-22(28)31-21(20)10-16(19)4)13-27-23(29)25(5,26-24(27)30)18-8-6-15(3)7-9-18/h6-12,14H,13H2,1-5H3,(H,26,30)/t25-/m1/s1. The van der Waals surface area contributed by atoms with Gasteiger partial charge in [-0.15, -0.1) is 0 Å². The largest absolute Gasteiger partial charge is 0.423 e. The number of nitrogens with one attached hydrogen (secondary N) is 1. The van der Waals surface area contributed by atoms with Gasteiger partial charge in [0.2, 0.25) is 0 Å². The fourth-order valence-electron chi connectivity index (χ4n) is 4.24. The number of carbonyl (C=O) groups is 2. The molecule has 160 valence electrons. The van der Waals surface area contributed by atoms with E-state index in [1.807, 2.05) is 50.2 Å². The van der Waals surface area contributed by atoms with E-state index in [1.54, 1.807) is 6.92 Å². The predicted octanol–water partition coefficient (Wildman–Crippen LogP) is 4.50. The van der Waals surface area contributed by atoms with Crippen LogP contribution in [-0.4, -0.2) is 16.8 Å². The highest BCUT2D eigenvalue weighted by Gasteiger charge is 2.49. The van der Waals surface area contributed by atoms with Crippen LogP contribution in [0, 0.1) is 13.8 Å². The quantitative estimate of drug-likeness (QED) is 0.500. The fraction of sp³-hybridized carbons (Fsp3) is 0.320. The third-order valence-corrected chi connectivity index (χ3v) is 6.07. The number of carbonyl (C=O) groups excluding carboxylic acids is 2. The van der Waals surface area contributed by atoms with Crippen molar-refractivity contribution >= 4 is 22.9 Å². The van der Waals surface area contributed by atoms with Crippen LogP contribution in [0.25, 0.3) is 11.0 Å². The van der Waals surface area contributed by atoms with Gasteiger partial charge in [-0.2, -0.15) is 0 Å². The van der Waals surface area contributed by atoms with Gasteiger partial charge in [-0.1, -0.05) is 43.7 Å². The molecule has 0 aliphatic carbocycles. The lowest BCUT2D eigenvalue weighted by Gasteiger charge is -2.22. The van der Waals surface area contributed by atoms with Crippen molar-refractivity contribution < 1.29 is 14.0 Å². The zero-order valence-corrected chi connectivity index (χ0v) is 18.4. The molecule has 1 N–H and O–H groups in total. The maximum atomic E-state index is 13.3. The molecule has 0 unspecified atom stereocenters. The second kappa shape index (κ2) is 7.38. The number of benzene rings is 2. The monoisotopic (exact) mass is 418 g/mol. The topological polar surface area (TPSA) is 79.6 Å². The number of rotatable bonds is 4. The summed E-state index contributed by atoms with van der Waals surface area (Å²) < 4.78 is 5.40. The van der Waals surface area contributed by atoms with Gasteiger partial charge >= 0.3 is 11.7 Å². The summed E-state index contributed by atoms with van der Waals surface area (Å²) >= 11 is 0. The molecule has 0 bridgehead atoms. The highest BCUT2D eigenvalue weighted by Crippen LogP contribution is 2.32. The Bertz CT molecular complexity index is 1260. The molecule has 6 nitrogen and oxygen atoms in total. The summed E-state index contributed by atoms with van der Waals surface area (Å²) in [6.07, 6.45) is 0. The molecule has 2 aromatic carbocycles. The van der Waals surface area contributed by atoms with Crippen LogP contribution in [0.1, 0.15) is 54.5 Å². The van der Waals surface area contributed by atoms with Gasteiger partial charge in [-0.3, -0.25) is 9.69 Å². The van der Waals surface area contributed by atoms with Crippen molar-refractivity contribution in [2.24, 2.45) is 0 Å². The highest BCUT2D eigenvalue weighted by molar-refractivity contribution is 6.07. The smallest absolute Gasteiger partial charge is 0.336 e. The molecule has 1 saturated heterocycles. The number of imide groups is 1. The Kier molecular flexibility index (Phi) is 4.96. The molecule has 31 heavy (non-hydrogen) atoms. The van der Waals surface area contributed by atoms with Crippen molar-refractivity contribution in [2.75, 3.05) is 0 Å². The second-order valence-corrected chi connectivity index (χ2v) is 8.76. The average Bonchev–Trinajstić information content (AvgIpc) is 2.91. The Morgan fingerprint density at radius 1 is 1.03 bits per heavy atom. The van der Waals surface area contributed by atoms with E-state index in [-0.39, 0.29) is 18.4 Å². The van der Waals surface area contributed by atoms with E-state index < -0.39 is 17.2 Å². The molecule has 1 fully saturated rings. The van der Waals surface area contributed by atoms with Crippen LogP contribution in [-0.2, 0) is 16.9 Å². The molecule has 0 saturated carbocycles. The van der Waals surface area contributed by atoms with Crippen molar-refractivity contribution in [1.29, 1.82) is 0 Å². The Labute approximate surface area is 180 Å². The van der Waals surface area contributed by atoms with Gasteiger partial charge in [0.1, 0.15) is 11.1 Å². The molecule has 1 aliphatic heterocycles. The summed E-state index contributed by atoms with van der Waals surface area (Å²) in [4.78, 5) is 39.5. The summed E-state index contributed by atoms with van der Waals surface area (Å²) in [6, 6.07) is 12.2. The van der Waals surface area contributed by atoms with Crippen LogP contribution in [0.3, 0.4) is 0 Å². The van der Waals surface area contributed by atoms with Crippen LogP contribution >= 0.6 is 0 Å². The first-order chi connectivity index (χ1) is 14.6. The van der Waals surface area contributed by atoms with Gasteiger partial charge in [0, 0.05) is 11.5 Å². The first-order valence-corrected chi connectivity index (χ1v) is 10.4. The molecule has 1 atom stereocenters. The summed E-state index contributed by atoms with van der Waals surface area (Å²) in [5.74, 6) is -0.0651. The maximum Gasteiger partial charge on any atom is 0.336 e. The van der Waals surface area contributed by atoms with Crippen molar-refractivity contribution in [3.63, 3.8) is 0 Å². The Balaban J connectivity index is 1.76. The third-order valence-electron chi connectivity index (χ3n) is 6.07. The molecular formula is C25H26N2O4. The first kappa shape index (κ1) is 20.8. The molecule has 6 heteroatoms. The minimum absolute atomic E-state index is 0.00514. The van der Waals surface area contributed by atoms with Gasteiger partial charge in [0.15, 0.2) is 0 Å². The molecule has 4 rings (SSSR count). The Morgan fingerprint density at radius 3 is 2.35 bits per heavy atom. The molecule has 1 aliphatic rings. The zero-order chi connectivity index (χ0) is 22.5. The average molecular weight is 418 g/mol. The van der Waals surface area contributed by atoms with Gasteiger partial charge in [-0.05, 0) is 61.1 Å². The maximum absolute atomic E-state index is 13.3. The van der Waals surface area contributed by atoms with Gasteiger partial charge in [0.25, 0.3) is 5.91 Å². The Morgan fingerprint density at radius 2 is 1.71 bits per heavy atom. The third kappa shape index (κ3) is 3.52. The lowest BCUT2D eigenvalue weighted by atomic mass is 9.91. The van der Waals surface area contributed by atoms with Crippen LogP contribution in [0.5, 0.6) is 0 Å². The van der Waals surface area contributed by atoms with E-state index in [2.05, 4.69) is 19.2 Å². The summed E-state index contributed by atoms with van der Waals surface area (Å²) in [5.41, 5.74) is 3.33. The van der Waals surface area contributed by atoms with Crippen molar-refractivity contribution in [3.05, 3.63) is 80.7 Å². The molecule has 3 amide bonds. The van der Waals surface area contributed by atoms with Crippen LogP contribution < -0.4 is 10.9 Å². The minimum Gasteiger partial charge on any atom is -0.423 e. The van der Waals surface area contributed by atoms with Gasteiger partial charge in [0.05, 0.1) is 6.54 Å². The predicted molar refractivity (Wildman–Crippen MR) is 119 cm³/mol. The Hall–Kier alpha value is -3.41. The lowest BCUT2D eigenvalue weighted by Crippen LogP contribution is -2.40. The number of aryl methyl sites for hydroxylation is 2. The molecule has 1 aromatic heterocycles. The second-order valence-electron chi connectivity index (χ2n) is 8.76. The van der Waals surface area contributed by atoms with Crippen LogP contribution in [0.15, 0.2) is 51.7 Å². The van der Waals surface area contributed by atoms with E-state index in [0.717, 1.165) is 22.1 Å².